The topological polar surface area (TPSA) is 66.5 Å². The van der Waals surface area contributed by atoms with E-state index in [1.807, 2.05) is 0 Å². The molecule has 1 aliphatic rings. The molecule has 0 aliphatic heterocycles. The van der Waals surface area contributed by atoms with E-state index in [0.29, 0.717) is 0 Å². The third kappa shape index (κ3) is 2.31. The molecule has 4 N–H and O–H groups in total. The zero-order valence-electron chi connectivity index (χ0n) is 8.88. The van der Waals surface area contributed by atoms with Gasteiger partial charge in [0.15, 0.2) is 11.5 Å². The van der Waals surface area contributed by atoms with Gasteiger partial charge in [-0.3, -0.25) is 0 Å². The molecule has 0 saturated heterocycles. The van der Waals surface area contributed by atoms with Crippen LogP contribution in [0.3, 0.4) is 0 Å². The summed E-state index contributed by atoms with van der Waals surface area (Å²) in [7, 11) is 0. The summed E-state index contributed by atoms with van der Waals surface area (Å²) in [6.45, 7) is 0. The Morgan fingerprint density at radius 3 is 2.24 bits per heavy atom. The second kappa shape index (κ2) is 3.53. The van der Waals surface area contributed by atoms with E-state index in [0.717, 1.165) is 25.0 Å². The highest BCUT2D eigenvalue weighted by Crippen LogP contribution is 2.44. The van der Waals surface area contributed by atoms with Crippen LogP contribution >= 0.6 is 0 Å². The average molecular weight is 247 g/mol. The lowest BCUT2D eigenvalue weighted by Gasteiger charge is -2.15. The molecule has 0 aromatic heterocycles. The van der Waals surface area contributed by atoms with E-state index >= 15 is 0 Å². The van der Waals surface area contributed by atoms with E-state index in [4.69, 9.17) is 5.73 Å². The summed E-state index contributed by atoms with van der Waals surface area (Å²) in [4.78, 5) is 0. The van der Waals surface area contributed by atoms with Crippen molar-refractivity contribution in [3.05, 3.63) is 23.3 Å². The SMILES string of the molecule is NC1(Cc2ccc(C(F)(F)F)c(O)c2O)CC1. The van der Waals surface area contributed by atoms with Gasteiger partial charge in [-0.2, -0.15) is 13.2 Å². The minimum atomic E-state index is -4.68. The summed E-state index contributed by atoms with van der Waals surface area (Å²) in [5.74, 6) is -1.85. The normalized spacial score (nSPS) is 18.1. The Kier molecular flexibility index (Phi) is 2.50. The van der Waals surface area contributed by atoms with Gasteiger partial charge in [0.05, 0.1) is 0 Å². The second-order valence-electron chi connectivity index (χ2n) is 4.51. The molecular weight excluding hydrogens is 235 g/mol. The molecule has 0 spiro atoms. The van der Waals surface area contributed by atoms with E-state index in [1.165, 1.54) is 0 Å². The highest BCUT2D eigenvalue weighted by molar-refractivity contribution is 5.51. The van der Waals surface area contributed by atoms with Crippen LogP contribution in [0.4, 0.5) is 13.2 Å². The predicted molar refractivity (Wildman–Crippen MR) is 54.6 cm³/mol. The molecule has 6 heteroatoms. The van der Waals surface area contributed by atoms with Gasteiger partial charge in [0.25, 0.3) is 0 Å². The first-order chi connectivity index (χ1) is 7.73. The fourth-order valence-electron chi connectivity index (χ4n) is 1.71. The molecule has 0 atom stereocenters. The fourth-order valence-corrected chi connectivity index (χ4v) is 1.71. The lowest BCUT2D eigenvalue weighted by Crippen LogP contribution is -2.24. The van der Waals surface area contributed by atoms with Crippen LogP contribution in [0.2, 0.25) is 0 Å². The number of alkyl halides is 3. The van der Waals surface area contributed by atoms with Crippen molar-refractivity contribution in [3.63, 3.8) is 0 Å². The number of phenols is 2. The molecule has 3 nitrogen and oxygen atoms in total. The van der Waals surface area contributed by atoms with Crippen LogP contribution in [-0.4, -0.2) is 15.8 Å². The molecule has 0 radical (unpaired) electrons. The number of hydrogen-bond acceptors (Lipinski definition) is 3. The number of benzene rings is 1. The number of halogens is 3. The van der Waals surface area contributed by atoms with Gasteiger partial charge in [0, 0.05) is 5.54 Å². The first-order valence-electron chi connectivity index (χ1n) is 5.13. The highest BCUT2D eigenvalue weighted by Gasteiger charge is 2.40. The number of aromatic hydroxyl groups is 2. The third-order valence-electron chi connectivity index (χ3n) is 2.97. The van der Waals surface area contributed by atoms with Crippen LogP contribution in [0.5, 0.6) is 11.5 Å². The maximum atomic E-state index is 12.4. The molecule has 0 heterocycles. The Morgan fingerprint density at radius 1 is 1.18 bits per heavy atom. The molecule has 94 valence electrons. The van der Waals surface area contributed by atoms with Crippen molar-refractivity contribution in [3.8, 4) is 11.5 Å². The Labute approximate surface area is 95.7 Å². The average Bonchev–Trinajstić information content (AvgIpc) is 2.90. The van der Waals surface area contributed by atoms with Gasteiger partial charge in [-0.15, -0.1) is 0 Å². The minimum absolute atomic E-state index is 0.246. The minimum Gasteiger partial charge on any atom is -0.504 e. The van der Waals surface area contributed by atoms with Gasteiger partial charge in [0.1, 0.15) is 5.56 Å². The van der Waals surface area contributed by atoms with Crippen LogP contribution in [0.1, 0.15) is 24.0 Å². The standard InChI is InChI=1S/C11H12F3NO2/c12-11(13,14)7-2-1-6(8(16)9(7)17)5-10(15)3-4-10/h1-2,16-17H,3-5,15H2. The van der Waals surface area contributed by atoms with Gasteiger partial charge in [0.2, 0.25) is 0 Å². The molecule has 1 aliphatic carbocycles. The molecule has 0 unspecified atom stereocenters. The molecule has 2 rings (SSSR count). The fraction of sp³-hybridized carbons (Fsp3) is 0.455. The quantitative estimate of drug-likeness (QED) is 0.701. The molecule has 1 aromatic carbocycles. The smallest absolute Gasteiger partial charge is 0.420 e. The van der Waals surface area contributed by atoms with E-state index < -0.39 is 28.8 Å². The van der Waals surface area contributed by atoms with Crippen LogP contribution < -0.4 is 5.73 Å². The van der Waals surface area contributed by atoms with Crippen molar-refractivity contribution in [1.29, 1.82) is 0 Å². The summed E-state index contributed by atoms with van der Waals surface area (Å²) in [5.41, 5.74) is 4.38. The van der Waals surface area contributed by atoms with Crippen molar-refractivity contribution in [2.75, 3.05) is 0 Å². The first kappa shape index (κ1) is 12.0. The molecule has 17 heavy (non-hydrogen) atoms. The number of phenolic OH excluding ortho intramolecular Hbond substituents is 2. The van der Waals surface area contributed by atoms with Crippen molar-refractivity contribution < 1.29 is 23.4 Å². The van der Waals surface area contributed by atoms with Gasteiger partial charge in [-0.1, -0.05) is 6.07 Å². The lowest BCUT2D eigenvalue weighted by molar-refractivity contribution is -0.138. The summed E-state index contributed by atoms with van der Waals surface area (Å²) in [6.07, 6.45) is -2.87. The zero-order chi connectivity index (χ0) is 12.8. The van der Waals surface area contributed by atoms with Crippen LogP contribution in [0.15, 0.2) is 12.1 Å². The molecule has 1 aromatic rings. The second-order valence-corrected chi connectivity index (χ2v) is 4.51. The summed E-state index contributed by atoms with van der Waals surface area (Å²) in [5, 5.41) is 18.8. The van der Waals surface area contributed by atoms with Crippen LogP contribution in [0.25, 0.3) is 0 Å². The molecule has 0 bridgehead atoms. The van der Waals surface area contributed by atoms with Gasteiger partial charge < -0.3 is 15.9 Å². The Morgan fingerprint density at radius 2 is 1.76 bits per heavy atom. The largest absolute Gasteiger partial charge is 0.504 e. The summed E-state index contributed by atoms with van der Waals surface area (Å²) in [6, 6.07) is 1.92. The van der Waals surface area contributed by atoms with Gasteiger partial charge >= 0.3 is 6.18 Å². The predicted octanol–water partition coefficient (Wildman–Crippen LogP) is 2.15. The van der Waals surface area contributed by atoms with Crippen molar-refractivity contribution >= 4 is 0 Å². The molecule has 1 saturated carbocycles. The molecule has 0 amide bonds. The zero-order valence-corrected chi connectivity index (χ0v) is 8.88. The van der Waals surface area contributed by atoms with Gasteiger partial charge in [-0.05, 0) is 30.9 Å². The Bertz CT molecular complexity index is 453. The van der Waals surface area contributed by atoms with E-state index in [1.54, 1.807) is 0 Å². The molecular formula is C11H12F3NO2. The van der Waals surface area contributed by atoms with Crippen molar-refractivity contribution in [1.82, 2.24) is 0 Å². The van der Waals surface area contributed by atoms with E-state index in [2.05, 4.69) is 0 Å². The highest BCUT2D eigenvalue weighted by atomic mass is 19.4. The summed E-state index contributed by atoms with van der Waals surface area (Å²) < 4.78 is 37.2. The van der Waals surface area contributed by atoms with Gasteiger partial charge in [-0.25, -0.2) is 0 Å². The summed E-state index contributed by atoms with van der Waals surface area (Å²) >= 11 is 0. The maximum absolute atomic E-state index is 12.4. The van der Waals surface area contributed by atoms with E-state index in [9.17, 15) is 23.4 Å². The number of hydrogen-bond donors (Lipinski definition) is 3. The van der Waals surface area contributed by atoms with Crippen molar-refractivity contribution in [2.24, 2.45) is 5.73 Å². The maximum Gasteiger partial charge on any atom is 0.420 e. The van der Waals surface area contributed by atoms with E-state index in [-0.39, 0.29) is 12.0 Å². The lowest BCUT2D eigenvalue weighted by atomic mass is 10.0. The monoisotopic (exact) mass is 247 g/mol. The Balaban J connectivity index is 2.35. The third-order valence-corrected chi connectivity index (χ3v) is 2.97. The van der Waals surface area contributed by atoms with Crippen LogP contribution in [0, 0.1) is 0 Å². The molecule has 1 fully saturated rings. The van der Waals surface area contributed by atoms with Crippen molar-refractivity contribution in [2.45, 2.75) is 31.0 Å². The van der Waals surface area contributed by atoms with Crippen LogP contribution in [-0.2, 0) is 12.6 Å². The Hall–Kier alpha value is -1.43. The first-order valence-corrected chi connectivity index (χ1v) is 5.13. The number of nitrogens with two attached hydrogens (primary N) is 1. The number of rotatable bonds is 2.